The van der Waals surface area contributed by atoms with Gasteiger partial charge in [0.1, 0.15) is 6.10 Å². The first-order valence-electron chi connectivity index (χ1n) is 8.89. The van der Waals surface area contributed by atoms with Crippen molar-refractivity contribution < 1.29 is 19.1 Å². The number of carbonyl (C=O) groups is 2. The van der Waals surface area contributed by atoms with Gasteiger partial charge in [0.25, 0.3) is 0 Å². The molecule has 136 valence electrons. The minimum Gasteiger partial charge on any atom is -0.444 e. The Bertz CT molecular complexity index is 717. The average Bonchev–Trinajstić information content (AvgIpc) is 3.03. The van der Waals surface area contributed by atoms with Crippen LogP contribution < -0.4 is 0 Å². The summed E-state index contributed by atoms with van der Waals surface area (Å²) >= 11 is 0. The molecule has 0 radical (unpaired) electrons. The molecule has 0 aromatic heterocycles. The molecule has 1 aliphatic heterocycles. The molecule has 2 aromatic rings. The fraction of sp³-hybridized carbons (Fsp3) is 0.333. The van der Waals surface area contributed by atoms with E-state index in [0.717, 1.165) is 11.1 Å². The Labute approximate surface area is 153 Å². The fourth-order valence-electron chi connectivity index (χ4n) is 2.93. The topological polar surface area (TPSA) is 55.8 Å². The number of benzene rings is 2. The van der Waals surface area contributed by atoms with E-state index in [0.29, 0.717) is 32.6 Å². The second-order valence-electron chi connectivity index (χ2n) is 6.34. The van der Waals surface area contributed by atoms with Gasteiger partial charge >= 0.3 is 6.09 Å². The summed E-state index contributed by atoms with van der Waals surface area (Å²) in [5, 5.41) is 0. The van der Waals surface area contributed by atoms with Crippen molar-refractivity contribution >= 4 is 12.0 Å². The zero-order valence-corrected chi connectivity index (χ0v) is 14.7. The molecule has 5 nitrogen and oxygen atoms in total. The van der Waals surface area contributed by atoms with Crippen LogP contribution in [0.1, 0.15) is 24.0 Å². The number of amides is 2. The van der Waals surface area contributed by atoms with Crippen molar-refractivity contribution in [3.63, 3.8) is 0 Å². The first-order chi connectivity index (χ1) is 12.7. The molecule has 3 rings (SSSR count). The zero-order valence-electron chi connectivity index (χ0n) is 14.7. The molecule has 1 aliphatic rings. The van der Waals surface area contributed by atoms with Crippen LogP contribution in [0.3, 0.4) is 0 Å². The highest BCUT2D eigenvalue weighted by molar-refractivity contribution is 5.93. The van der Waals surface area contributed by atoms with E-state index in [2.05, 4.69) is 0 Å². The fourth-order valence-corrected chi connectivity index (χ4v) is 2.93. The van der Waals surface area contributed by atoms with Crippen molar-refractivity contribution in [2.75, 3.05) is 13.2 Å². The number of hydrogen-bond acceptors (Lipinski definition) is 4. The Balaban J connectivity index is 1.37. The summed E-state index contributed by atoms with van der Waals surface area (Å²) in [7, 11) is 0. The van der Waals surface area contributed by atoms with E-state index < -0.39 is 6.09 Å². The minimum absolute atomic E-state index is 0.200. The molecule has 0 N–H and O–H groups in total. The summed E-state index contributed by atoms with van der Waals surface area (Å²) in [5.41, 5.74) is 2.19. The Morgan fingerprint density at radius 2 is 1.69 bits per heavy atom. The van der Waals surface area contributed by atoms with Crippen molar-refractivity contribution in [2.24, 2.45) is 0 Å². The van der Waals surface area contributed by atoms with Gasteiger partial charge in [-0.25, -0.2) is 9.69 Å². The van der Waals surface area contributed by atoms with Crippen LogP contribution in [0.5, 0.6) is 0 Å². The normalized spacial score (nSPS) is 16.5. The van der Waals surface area contributed by atoms with Gasteiger partial charge in [-0.2, -0.15) is 0 Å². The number of carbonyl (C=O) groups excluding carboxylic acids is 2. The Morgan fingerprint density at radius 3 is 2.38 bits per heavy atom. The molecule has 26 heavy (non-hydrogen) atoms. The summed E-state index contributed by atoms with van der Waals surface area (Å²) in [6, 6.07) is 19.7. The van der Waals surface area contributed by atoms with Crippen LogP contribution in [-0.2, 0) is 27.3 Å². The number of rotatable bonds is 8. The molecule has 0 saturated carbocycles. The lowest BCUT2D eigenvalue weighted by atomic mass is 10.1. The summed E-state index contributed by atoms with van der Waals surface area (Å²) < 4.78 is 10.9. The van der Waals surface area contributed by atoms with E-state index in [-0.39, 0.29) is 18.4 Å². The molecule has 0 bridgehead atoms. The largest absolute Gasteiger partial charge is 0.444 e. The Hall–Kier alpha value is -2.66. The smallest absolute Gasteiger partial charge is 0.416 e. The molecule has 0 spiro atoms. The molecular weight excluding hydrogens is 330 g/mol. The van der Waals surface area contributed by atoms with Crippen LogP contribution in [0.25, 0.3) is 0 Å². The molecule has 2 aromatic carbocycles. The van der Waals surface area contributed by atoms with E-state index in [1.807, 2.05) is 60.7 Å². The third-order valence-corrected chi connectivity index (χ3v) is 4.27. The van der Waals surface area contributed by atoms with Crippen LogP contribution in [0.4, 0.5) is 4.79 Å². The molecule has 1 heterocycles. The Morgan fingerprint density at radius 1 is 1.04 bits per heavy atom. The summed E-state index contributed by atoms with van der Waals surface area (Å²) in [6.45, 7) is 1.33. The Kier molecular flexibility index (Phi) is 6.39. The summed E-state index contributed by atoms with van der Waals surface area (Å²) in [6.07, 6.45) is 0.668. The van der Waals surface area contributed by atoms with Gasteiger partial charge in [0.15, 0.2) is 0 Å². The van der Waals surface area contributed by atoms with E-state index in [9.17, 15) is 9.59 Å². The van der Waals surface area contributed by atoms with Gasteiger partial charge in [-0.3, -0.25) is 4.79 Å². The van der Waals surface area contributed by atoms with E-state index in [1.54, 1.807) is 0 Å². The molecule has 1 fully saturated rings. The summed E-state index contributed by atoms with van der Waals surface area (Å²) in [4.78, 5) is 25.4. The van der Waals surface area contributed by atoms with E-state index in [4.69, 9.17) is 9.47 Å². The van der Waals surface area contributed by atoms with Crippen LogP contribution in [-0.4, -0.2) is 36.2 Å². The molecule has 2 amide bonds. The lowest BCUT2D eigenvalue weighted by Crippen LogP contribution is -2.32. The lowest BCUT2D eigenvalue weighted by molar-refractivity contribution is -0.128. The van der Waals surface area contributed by atoms with Crippen molar-refractivity contribution in [3.8, 4) is 0 Å². The van der Waals surface area contributed by atoms with Crippen molar-refractivity contribution in [2.45, 2.75) is 32.0 Å². The van der Waals surface area contributed by atoms with Crippen molar-refractivity contribution in [1.29, 1.82) is 0 Å². The average molecular weight is 353 g/mol. The molecular formula is C21H23NO4. The molecule has 0 aliphatic carbocycles. The van der Waals surface area contributed by atoms with E-state index in [1.165, 1.54) is 4.90 Å². The minimum atomic E-state index is -0.541. The molecule has 1 atom stereocenters. The van der Waals surface area contributed by atoms with Gasteiger partial charge in [-0.15, -0.1) is 0 Å². The lowest BCUT2D eigenvalue weighted by Gasteiger charge is -2.11. The van der Waals surface area contributed by atoms with Gasteiger partial charge in [-0.05, 0) is 17.5 Å². The second kappa shape index (κ2) is 9.15. The highest BCUT2D eigenvalue weighted by atomic mass is 16.6. The van der Waals surface area contributed by atoms with Crippen LogP contribution in [0.15, 0.2) is 60.7 Å². The first kappa shape index (κ1) is 18.1. The predicted octanol–water partition coefficient (Wildman–Crippen LogP) is 3.57. The van der Waals surface area contributed by atoms with Crippen molar-refractivity contribution in [3.05, 3.63) is 71.8 Å². The molecule has 1 unspecified atom stereocenters. The van der Waals surface area contributed by atoms with E-state index >= 15 is 0 Å². The van der Waals surface area contributed by atoms with Crippen LogP contribution in [0, 0.1) is 0 Å². The maximum Gasteiger partial charge on any atom is 0.416 e. The van der Waals surface area contributed by atoms with Gasteiger partial charge in [0.2, 0.25) is 5.91 Å². The third kappa shape index (κ3) is 5.17. The van der Waals surface area contributed by atoms with Crippen LogP contribution >= 0.6 is 0 Å². The second-order valence-corrected chi connectivity index (χ2v) is 6.34. The SMILES string of the molecule is O=C(CCCOCc1ccccc1)N1CC(Cc2ccccc2)OC1=O. The molecule has 5 heteroatoms. The number of nitrogens with zero attached hydrogens (tertiary/aromatic N) is 1. The maximum absolute atomic E-state index is 12.3. The van der Waals surface area contributed by atoms with Gasteiger partial charge < -0.3 is 9.47 Å². The maximum atomic E-state index is 12.3. The number of cyclic esters (lactones) is 1. The van der Waals surface area contributed by atoms with Gasteiger partial charge in [-0.1, -0.05) is 60.7 Å². The van der Waals surface area contributed by atoms with Crippen molar-refractivity contribution in [1.82, 2.24) is 4.90 Å². The highest BCUT2D eigenvalue weighted by Gasteiger charge is 2.35. The van der Waals surface area contributed by atoms with Crippen LogP contribution in [0.2, 0.25) is 0 Å². The number of imide groups is 1. The molecule has 1 saturated heterocycles. The monoisotopic (exact) mass is 353 g/mol. The van der Waals surface area contributed by atoms with Gasteiger partial charge in [0, 0.05) is 19.4 Å². The standard InChI is InChI=1S/C21H23NO4/c23-20(12-7-13-25-16-18-10-5-2-6-11-18)22-15-19(26-21(22)24)14-17-8-3-1-4-9-17/h1-6,8-11,19H,7,12-16H2. The number of hydrogen-bond donors (Lipinski definition) is 0. The third-order valence-electron chi connectivity index (χ3n) is 4.27. The quantitative estimate of drug-likeness (QED) is 0.681. The number of ether oxygens (including phenoxy) is 2. The first-order valence-corrected chi connectivity index (χ1v) is 8.89. The predicted molar refractivity (Wildman–Crippen MR) is 97.5 cm³/mol. The summed E-state index contributed by atoms with van der Waals surface area (Å²) in [5.74, 6) is -0.200. The highest BCUT2D eigenvalue weighted by Crippen LogP contribution is 2.17. The van der Waals surface area contributed by atoms with Gasteiger partial charge in [0.05, 0.1) is 13.2 Å². The zero-order chi connectivity index (χ0) is 18.2.